The number of carbonyl (C=O) groups is 2. The molecule has 2 saturated heterocycles. The number of methoxy groups -OCH3 is 2. The second-order valence-corrected chi connectivity index (χ2v) is 17.1. The molecule has 4 heterocycles. The van der Waals surface area contributed by atoms with Gasteiger partial charge in [-0.15, -0.1) is 0 Å². The quantitative estimate of drug-likeness (QED) is 0.107. The summed E-state index contributed by atoms with van der Waals surface area (Å²) in [5.74, 6) is 0.944. The van der Waals surface area contributed by atoms with E-state index in [9.17, 15) is 14.7 Å². The van der Waals surface area contributed by atoms with Gasteiger partial charge in [-0.25, -0.2) is 19.7 Å². The minimum atomic E-state index is -1.51. The van der Waals surface area contributed by atoms with Crippen LogP contribution in [0.4, 0.5) is 10.6 Å². The summed E-state index contributed by atoms with van der Waals surface area (Å²) in [5, 5.41) is 15.6. The number of aromatic nitrogens is 4. The van der Waals surface area contributed by atoms with Gasteiger partial charge in [0.25, 0.3) is 5.91 Å². The maximum Gasteiger partial charge on any atom is 0.410 e. The van der Waals surface area contributed by atoms with Gasteiger partial charge in [0, 0.05) is 11.5 Å². The molecule has 6 aromatic carbocycles. The number of morpholine rings is 1. The number of fused-ring (bicyclic) bond motifs is 6. The van der Waals surface area contributed by atoms with Crippen LogP contribution in [0.25, 0.3) is 22.3 Å². The van der Waals surface area contributed by atoms with Gasteiger partial charge < -0.3 is 34.1 Å². The van der Waals surface area contributed by atoms with Crippen molar-refractivity contribution in [2.24, 2.45) is 0 Å². The van der Waals surface area contributed by atoms with E-state index < -0.39 is 35.7 Å². The molecule has 2 aromatic heterocycles. The van der Waals surface area contributed by atoms with E-state index in [4.69, 9.17) is 23.7 Å². The van der Waals surface area contributed by atoms with Crippen molar-refractivity contribution in [2.45, 2.75) is 35.5 Å². The minimum Gasteiger partial charge on any atom is -0.497 e. The predicted octanol–water partition coefficient (Wildman–Crippen LogP) is 8.37. The van der Waals surface area contributed by atoms with Crippen molar-refractivity contribution in [1.82, 2.24) is 24.4 Å². The molecule has 2 fully saturated rings. The van der Waals surface area contributed by atoms with Gasteiger partial charge in [-0.2, -0.15) is 0 Å². The van der Waals surface area contributed by atoms with E-state index in [1.54, 1.807) is 43.1 Å². The van der Waals surface area contributed by atoms with Crippen molar-refractivity contribution < 1.29 is 38.4 Å². The standard InChI is InChI=1S/C54H46N6O8/c1-64-38-25-21-36(22-26-38)54(35-15-7-4-8-16-35,37-23-27-39(65-2)28-24-37)67-31-53-30-59(52(63)66-29-44-42-19-11-9-17-40(42)41-18-10-12-20-43(41)44)46(47(53)61)51(68-53)60-33-57-45-48(55-32-56-49(45)60)58-50(62)34-13-5-3-6-14-34/h3-28,32-33,44,46-47,51,61H,29-31H2,1-2H3,(H,55,56,58,62)/t46-,47+,51+,53-/m0/s1. The SMILES string of the molecule is COc1ccc(C(OC[C@]23CN(C(=O)OCC4c5ccccc5-c5ccccc54)[C@H]([C@H](n4cnc5c(NC(=O)c6ccccc6)ncnc54)O2)[C@H]3O)(c2ccccc2)c2ccc(OC)cc2)cc1. The van der Waals surface area contributed by atoms with E-state index >= 15 is 0 Å². The number of nitrogens with one attached hydrogen (secondary N) is 1. The number of likely N-dealkylation sites (tertiary alicyclic amines) is 1. The Morgan fingerprint density at radius 3 is 1.93 bits per heavy atom. The van der Waals surface area contributed by atoms with Crippen LogP contribution in [0.1, 0.15) is 50.3 Å². The number of imidazole rings is 1. The number of carbonyl (C=O) groups excluding carboxylic acids is 2. The Kier molecular flexibility index (Phi) is 10.9. The Balaban J connectivity index is 0.977. The molecule has 0 spiro atoms. The predicted molar refractivity (Wildman–Crippen MR) is 252 cm³/mol. The molecular formula is C54H46N6O8. The van der Waals surface area contributed by atoms with Crippen molar-refractivity contribution in [3.8, 4) is 22.6 Å². The first-order valence-corrected chi connectivity index (χ1v) is 22.3. The van der Waals surface area contributed by atoms with Crippen LogP contribution in [0, 0.1) is 0 Å². The molecule has 340 valence electrons. The summed E-state index contributed by atoms with van der Waals surface area (Å²) >= 11 is 0. The molecule has 0 saturated carbocycles. The second-order valence-electron chi connectivity index (χ2n) is 17.1. The fourth-order valence-corrected chi connectivity index (χ4v) is 10.1. The number of amides is 2. The molecule has 2 N–H and O–H groups in total. The fourth-order valence-electron chi connectivity index (χ4n) is 10.1. The van der Waals surface area contributed by atoms with E-state index in [0.717, 1.165) is 38.9 Å². The van der Waals surface area contributed by atoms with Crippen molar-refractivity contribution >= 4 is 29.0 Å². The zero-order chi connectivity index (χ0) is 46.4. The minimum absolute atomic E-state index is 0.0674. The first kappa shape index (κ1) is 42.7. The van der Waals surface area contributed by atoms with Crippen LogP contribution in [0.15, 0.2) is 170 Å². The summed E-state index contributed by atoms with van der Waals surface area (Å²) in [6, 6.07) is 49.2. The van der Waals surface area contributed by atoms with E-state index in [1.165, 1.54) is 17.6 Å². The highest BCUT2D eigenvalue weighted by Crippen LogP contribution is 2.51. The maximum absolute atomic E-state index is 14.8. The Bertz CT molecular complexity index is 3040. The summed E-state index contributed by atoms with van der Waals surface area (Å²) in [4.78, 5) is 43.2. The number of hydrogen-bond acceptors (Lipinski definition) is 11. The molecule has 2 aliphatic heterocycles. The largest absolute Gasteiger partial charge is 0.497 e. The summed E-state index contributed by atoms with van der Waals surface area (Å²) in [6.07, 6.45) is -0.104. The third kappa shape index (κ3) is 7.12. The lowest BCUT2D eigenvalue weighted by Gasteiger charge is -2.41. The van der Waals surface area contributed by atoms with E-state index in [1.807, 2.05) is 109 Å². The Hall–Kier alpha value is -7.91. The Morgan fingerprint density at radius 1 is 0.735 bits per heavy atom. The number of rotatable bonds is 13. The summed E-state index contributed by atoms with van der Waals surface area (Å²) in [7, 11) is 3.23. The molecule has 68 heavy (non-hydrogen) atoms. The Morgan fingerprint density at radius 2 is 1.31 bits per heavy atom. The Labute approximate surface area is 391 Å². The van der Waals surface area contributed by atoms with Crippen LogP contribution in [0.2, 0.25) is 0 Å². The topological polar surface area (TPSA) is 159 Å². The van der Waals surface area contributed by atoms with Gasteiger partial charge in [0.2, 0.25) is 0 Å². The monoisotopic (exact) mass is 906 g/mol. The van der Waals surface area contributed by atoms with E-state index in [2.05, 4.69) is 44.5 Å². The highest BCUT2D eigenvalue weighted by atomic mass is 16.6. The van der Waals surface area contributed by atoms with Crippen molar-refractivity contribution in [3.63, 3.8) is 0 Å². The van der Waals surface area contributed by atoms with E-state index in [-0.39, 0.29) is 42.9 Å². The van der Waals surface area contributed by atoms with Crippen molar-refractivity contribution in [1.29, 1.82) is 0 Å². The van der Waals surface area contributed by atoms with Gasteiger partial charge in [0.05, 0.1) is 33.7 Å². The van der Waals surface area contributed by atoms with E-state index in [0.29, 0.717) is 22.7 Å². The highest BCUT2D eigenvalue weighted by Gasteiger charge is 2.66. The molecule has 1 aliphatic carbocycles. The van der Waals surface area contributed by atoms with Crippen LogP contribution in [-0.4, -0.2) is 93.3 Å². The van der Waals surface area contributed by atoms with Gasteiger partial charge in [0.15, 0.2) is 23.2 Å². The highest BCUT2D eigenvalue weighted by molar-refractivity contribution is 6.06. The molecule has 14 nitrogen and oxygen atoms in total. The fraction of sp³-hybridized carbons (Fsp3) is 0.204. The molecule has 8 aromatic rings. The molecule has 2 bridgehead atoms. The number of nitrogens with zero attached hydrogens (tertiary/aromatic N) is 5. The molecule has 14 heteroatoms. The third-order valence-corrected chi connectivity index (χ3v) is 13.5. The third-order valence-electron chi connectivity index (χ3n) is 13.5. The van der Waals surface area contributed by atoms with Crippen LogP contribution in [0.5, 0.6) is 11.5 Å². The summed E-state index contributed by atoms with van der Waals surface area (Å²) in [6.45, 7) is -0.192. The van der Waals surface area contributed by atoms with Gasteiger partial charge in [-0.1, -0.05) is 121 Å². The zero-order valence-electron chi connectivity index (χ0n) is 37.1. The average molecular weight is 907 g/mol. The smallest absolute Gasteiger partial charge is 0.410 e. The zero-order valence-corrected chi connectivity index (χ0v) is 37.1. The lowest BCUT2D eigenvalue weighted by atomic mass is 9.79. The second kappa shape index (κ2) is 17.4. The maximum atomic E-state index is 14.8. The number of hydrogen-bond donors (Lipinski definition) is 2. The average Bonchev–Trinajstić information content (AvgIpc) is 4.13. The first-order valence-electron chi connectivity index (χ1n) is 22.3. The normalized spacial score (nSPS) is 19.4. The molecular weight excluding hydrogens is 861 g/mol. The van der Waals surface area contributed by atoms with Crippen LogP contribution in [-0.2, 0) is 19.8 Å². The van der Waals surface area contributed by atoms with Gasteiger partial charge in [-0.3, -0.25) is 14.3 Å². The number of anilines is 1. The lowest BCUT2D eigenvalue weighted by molar-refractivity contribution is -0.174. The lowest BCUT2D eigenvalue weighted by Crippen LogP contribution is -2.51. The molecule has 0 unspecified atom stereocenters. The number of aliphatic hydroxyl groups excluding tert-OH is 1. The van der Waals surface area contributed by atoms with Crippen LogP contribution in [0.3, 0.4) is 0 Å². The molecule has 0 radical (unpaired) electrons. The molecule has 3 aliphatic rings. The van der Waals surface area contributed by atoms with Gasteiger partial charge in [0.1, 0.15) is 47.8 Å². The number of ether oxygens (including phenoxy) is 5. The summed E-state index contributed by atoms with van der Waals surface area (Å²) in [5.41, 5.74) is 4.98. The van der Waals surface area contributed by atoms with Gasteiger partial charge >= 0.3 is 6.09 Å². The number of benzene rings is 6. The van der Waals surface area contributed by atoms with Crippen molar-refractivity contribution in [3.05, 3.63) is 204 Å². The molecule has 2 amide bonds. The number of aliphatic hydroxyl groups is 1. The van der Waals surface area contributed by atoms with Crippen molar-refractivity contribution in [2.75, 3.05) is 39.3 Å². The van der Waals surface area contributed by atoms with Crippen LogP contribution >= 0.6 is 0 Å². The molecule has 11 rings (SSSR count). The van der Waals surface area contributed by atoms with Gasteiger partial charge in [-0.05, 0) is 75.3 Å². The van der Waals surface area contributed by atoms with Crippen LogP contribution < -0.4 is 14.8 Å². The first-order chi connectivity index (χ1) is 33.3. The summed E-state index contributed by atoms with van der Waals surface area (Å²) < 4.78 is 33.5. The molecule has 4 atom stereocenters.